The summed E-state index contributed by atoms with van der Waals surface area (Å²) in [6.07, 6.45) is 8.59. The highest BCUT2D eigenvalue weighted by molar-refractivity contribution is 5.94. The van der Waals surface area contributed by atoms with Gasteiger partial charge in [-0.05, 0) is 34.4 Å². The lowest BCUT2D eigenvalue weighted by Crippen LogP contribution is -1.85. The van der Waals surface area contributed by atoms with Crippen LogP contribution in [-0.4, -0.2) is 9.97 Å². The Labute approximate surface area is 211 Å². The number of aromatic nitrogens is 2. The minimum atomic E-state index is 1.08. The fraction of sp³-hybridized carbons (Fsp3) is 0. The highest BCUT2D eigenvalue weighted by Crippen LogP contribution is 2.38. The standard InChI is InChI=1S/C34H26N2/c1-5-13-25(14-6-1)29-23-35-31(33(29)27-17-9-3-10-18-27)21-22-32-34(28-19-11-4-12-20-28)30(24-36-32)26-15-7-2-8-16-26/h1-24,35-36H/b22-21+. The molecule has 0 spiro atoms. The third-order valence-electron chi connectivity index (χ3n) is 6.53. The lowest BCUT2D eigenvalue weighted by Gasteiger charge is -2.08. The Morgan fingerprint density at radius 1 is 0.361 bits per heavy atom. The van der Waals surface area contributed by atoms with E-state index in [0.717, 1.165) is 11.4 Å². The highest BCUT2D eigenvalue weighted by atomic mass is 14.7. The van der Waals surface area contributed by atoms with E-state index in [2.05, 4.69) is 156 Å². The average molecular weight is 463 g/mol. The minimum absolute atomic E-state index is 1.08. The average Bonchev–Trinajstić information content (AvgIpc) is 3.58. The molecular weight excluding hydrogens is 436 g/mol. The van der Waals surface area contributed by atoms with Crippen LogP contribution in [0.25, 0.3) is 56.7 Å². The lowest BCUT2D eigenvalue weighted by molar-refractivity contribution is 1.36. The SMILES string of the molecule is C(=C\c1[nH]cc(-c2ccccc2)c1-c1ccccc1)/c1[nH]cc(-c2ccccc2)c1-c1ccccc1. The van der Waals surface area contributed by atoms with Gasteiger partial charge in [-0.15, -0.1) is 0 Å². The number of nitrogens with one attached hydrogen (secondary N) is 2. The third kappa shape index (κ3) is 4.21. The molecule has 0 aliphatic carbocycles. The second-order valence-corrected chi connectivity index (χ2v) is 8.78. The van der Waals surface area contributed by atoms with Crippen LogP contribution in [0.2, 0.25) is 0 Å². The minimum Gasteiger partial charge on any atom is -0.361 e. The van der Waals surface area contributed by atoms with E-state index < -0.39 is 0 Å². The Morgan fingerprint density at radius 2 is 0.667 bits per heavy atom. The van der Waals surface area contributed by atoms with E-state index in [1.54, 1.807) is 0 Å². The second-order valence-electron chi connectivity index (χ2n) is 8.78. The van der Waals surface area contributed by atoms with Crippen molar-refractivity contribution in [3.8, 4) is 44.5 Å². The van der Waals surface area contributed by atoms with E-state index in [1.807, 2.05) is 0 Å². The molecule has 0 amide bonds. The number of hydrogen-bond acceptors (Lipinski definition) is 0. The van der Waals surface area contributed by atoms with Gasteiger partial charge in [0.15, 0.2) is 0 Å². The van der Waals surface area contributed by atoms with Crippen LogP contribution < -0.4 is 0 Å². The Hall–Kier alpha value is -4.82. The zero-order chi connectivity index (χ0) is 24.2. The molecule has 36 heavy (non-hydrogen) atoms. The van der Waals surface area contributed by atoms with Gasteiger partial charge in [0.25, 0.3) is 0 Å². The van der Waals surface area contributed by atoms with Crippen molar-refractivity contribution in [3.63, 3.8) is 0 Å². The Bertz CT molecular complexity index is 1470. The summed E-state index contributed by atoms with van der Waals surface area (Å²) in [5, 5.41) is 0. The molecule has 0 unspecified atom stereocenters. The van der Waals surface area contributed by atoms with Crippen molar-refractivity contribution in [3.05, 3.63) is 145 Å². The number of rotatable bonds is 6. The second kappa shape index (κ2) is 9.81. The maximum Gasteiger partial charge on any atom is 0.0467 e. The predicted octanol–water partition coefficient (Wildman–Crippen LogP) is 9.18. The number of benzene rings is 4. The maximum absolute atomic E-state index is 3.54. The molecule has 0 saturated carbocycles. The van der Waals surface area contributed by atoms with Gasteiger partial charge >= 0.3 is 0 Å². The van der Waals surface area contributed by atoms with Crippen molar-refractivity contribution < 1.29 is 0 Å². The van der Waals surface area contributed by atoms with Crippen LogP contribution in [0, 0.1) is 0 Å². The highest BCUT2D eigenvalue weighted by Gasteiger charge is 2.15. The van der Waals surface area contributed by atoms with Gasteiger partial charge in [0.1, 0.15) is 0 Å². The summed E-state index contributed by atoms with van der Waals surface area (Å²) >= 11 is 0. The van der Waals surface area contributed by atoms with Gasteiger partial charge in [-0.1, -0.05) is 121 Å². The van der Waals surface area contributed by atoms with E-state index in [-0.39, 0.29) is 0 Å². The molecule has 0 atom stereocenters. The van der Waals surface area contributed by atoms with Gasteiger partial charge in [0.05, 0.1) is 0 Å². The van der Waals surface area contributed by atoms with E-state index in [9.17, 15) is 0 Å². The quantitative estimate of drug-likeness (QED) is 0.247. The zero-order valence-electron chi connectivity index (χ0n) is 19.9. The predicted molar refractivity (Wildman–Crippen MR) is 152 cm³/mol. The first-order chi connectivity index (χ1) is 17.9. The van der Waals surface area contributed by atoms with Crippen LogP contribution in [0.5, 0.6) is 0 Å². The van der Waals surface area contributed by atoms with E-state index >= 15 is 0 Å². The normalized spacial score (nSPS) is 11.2. The molecule has 6 rings (SSSR count). The molecule has 2 N–H and O–H groups in total. The number of aromatic amines is 2. The largest absolute Gasteiger partial charge is 0.361 e. The fourth-order valence-electron chi connectivity index (χ4n) is 4.83. The van der Waals surface area contributed by atoms with E-state index in [1.165, 1.54) is 44.5 Å². The van der Waals surface area contributed by atoms with Crippen molar-refractivity contribution >= 4 is 12.2 Å². The summed E-state index contributed by atoms with van der Waals surface area (Å²) in [7, 11) is 0. The van der Waals surface area contributed by atoms with Crippen LogP contribution in [0.1, 0.15) is 11.4 Å². The Morgan fingerprint density at radius 3 is 1.00 bits per heavy atom. The summed E-state index contributed by atoms with van der Waals surface area (Å²) < 4.78 is 0. The molecule has 2 heteroatoms. The van der Waals surface area contributed by atoms with Crippen molar-refractivity contribution in [1.29, 1.82) is 0 Å². The molecule has 0 fully saturated rings. The summed E-state index contributed by atoms with van der Waals surface area (Å²) in [5.74, 6) is 0. The molecule has 172 valence electrons. The Kier molecular flexibility index (Phi) is 5.91. The molecule has 2 heterocycles. The molecular formula is C34H26N2. The van der Waals surface area contributed by atoms with Crippen LogP contribution in [0.4, 0.5) is 0 Å². The topological polar surface area (TPSA) is 31.6 Å². The van der Waals surface area contributed by atoms with Crippen molar-refractivity contribution in [2.45, 2.75) is 0 Å². The molecule has 2 nitrogen and oxygen atoms in total. The summed E-state index contributed by atoms with van der Waals surface area (Å²) in [6.45, 7) is 0. The molecule has 0 bridgehead atoms. The Balaban J connectivity index is 1.48. The summed E-state index contributed by atoms with van der Waals surface area (Å²) in [5.41, 5.74) is 11.7. The van der Waals surface area contributed by atoms with Gasteiger partial charge in [0.2, 0.25) is 0 Å². The van der Waals surface area contributed by atoms with Crippen molar-refractivity contribution in [2.75, 3.05) is 0 Å². The summed E-state index contributed by atoms with van der Waals surface area (Å²) in [6, 6.07) is 42.3. The maximum atomic E-state index is 3.54. The van der Waals surface area contributed by atoms with E-state index in [0.29, 0.717) is 0 Å². The lowest BCUT2D eigenvalue weighted by atomic mass is 9.95. The van der Waals surface area contributed by atoms with Gasteiger partial charge in [-0.2, -0.15) is 0 Å². The first kappa shape index (κ1) is 21.7. The smallest absolute Gasteiger partial charge is 0.0467 e. The van der Waals surface area contributed by atoms with Gasteiger partial charge < -0.3 is 9.97 Å². The molecule has 2 aromatic heterocycles. The molecule has 4 aromatic carbocycles. The first-order valence-electron chi connectivity index (χ1n) is 12.2. The van der Waals surface area contributed by atoms with Crippen LogP contribution >= 0.6 is 0 Å². The van der Waals surface area contributed by atoms with Crippen LogP contribution in [0.15, 0.2) is 134 Å². The first-order valence-corrected chi connectivity index (χ1v) is 12.2. The molecule has 0 saturated heterocycles. The van der Waals surface area contributed by atoms with Crippen molar-refractivity contribution in [1.82, 2.24) is 9.97 Å². The molecule has 0 aliphatic rings. The van der Waals surface area contributed by atoms with Crippen LogP contribution in [0.3, 0.4) is 0 Å². The number of hydrogen-bond donors (Lipinski definition) is 2. The number of H-pyrrole nitrogens is 2. The molecule has 6 aromatic rings. The van der Waals surface area contributed by atoms with E-state index in [4.69, 9.17) is 0 Å². The van der Waals surface area contributed by atoms with Gasteiger partial charge in [-0.25, -0.2) is 0 Å². The van der Waals surface area contributed by atoms with Gasteiger partial charge in [0, 0.05) is 46.0 Å². The monoisotopic (exact) mass is 462 g/mol. The zero-order valence-corrected chi connectivity index (χ0v) is 19.9. The third-order valence-corrected chi connectivity index (χ3v) is 6.53. The molecule has 0 aliphatic heterocycles. The van der Waals surface area contributed by atoms with Crippen molar-refractivity contribution in [2.24, 2.45) is 0 Å². The van der Waals surface area contributed by atoms with Gasteiger partial charge in [-0.3, -0.25) is 0 Å². The van der Waals surface area contributed by atoms with Crippen LogP contribution in [-0.2, 0) is 0 Å². The fourth-order valence-corrected chi connectivity index (χ4v) is 4.83. The summed E-state index contributed by atoms with van der Waals surface area (Å²) in [4.78, 5) is 7.08. The molecule has 0 radical (unpaired) electrons.